The van der Waals surface area contributed by atoms with Gasteiger partial charge in [0, 0.05) is 36.6 Å². The van der Waals surface area contributed by atoms with E-state index in [1.165, 1.54) is 0 Å². The van der Waals surface area contributed by atoms with Crippen LogP contribution >= 0.6 is 0 Å². The van der Waals surface area contributed by atoms with Gasteiger partial charge in [-0.1, -0.05) is 13.8 Å². The van der Waals surface area contributed by atoms with Crippen LogP contribution in [0.2, 0.25) is 0 Å². The van der Waals surface area contributed by atoms with E-state index >= 15 is 0 Å². The molecule has 1 aliphatic rings. The van der Waals surface area contributed by atoms with Crippen molar-refractivity contribution < 1.29 is 18.3 Å². The molecule has 0 fully saturated rings. The zero-order valence-corrected chi connectivity index (χ0v) is 17.1. The van der Waals surface area contributed by atoms with E-state index in [1.54, 1.807) is 30.3 Å². The van der Waals surface area contributed by atoms with E-state index in [0.717, 1.165) is 23.5 Å². The Morgan fingerprint density at radius 2 is 2.07 bits per heavy atom. The van der Waals surface area contributed by atoms with Crippen molar-refractivity contribution in [1.82, 2.24) is 14.9 Å². The topological polar surface area (TPSA) is 67.4 Å². The number of amides is 1. The van der Waals surface area contributed by atoms with Crippen LogP contribution in [0.25, 0.3) is 0 Å². The van der Waals surface area contributed by atoms with E-state index in [0.29, 0.717) is 23.6 Å². The summed E-state index contributed by atoms with van der Waals surface area (Å²) in [6.07, 6.45) is 0.660. The molecule has 1 unspecified atom stereocenters. The lowest BCUT2D eigenvalue weighted by atomic mass is 10.1. The van der Waals surface area contributed by atoms with Crippen LogP contribution < -0.4 is 10.1 Å². The van der Waals surface area contributed by atoms with Crippen LogP contribution in [0.3, 0.4) is 0 Å². The minimum absolute atomic E-state index is 0.0572. The predicted molar refractivity (Wildman–Crippen MR) is 106 cm³/mol. The fourth-order valence-electron chi connectivity index (χ4n) is 3.42. The number of carbonyl (C=O) groups is 1. The summed E-state index contributed by atoms with van der Waals surface area (Å²) >= 11 is 0. The van der Waals surface area contributed by atoms with E-state index < -0.39 is 13.0 Å². The molecule has 0 saturated heterocycles. The summed E-state index contributed by atoms with van der Waals surface area (Å²) in [7, 11) is 0. The number of anilines is 1. The van der Waals surface area contributed by atoms with Crippen molar-refractivity contribution >= 4 is 11.7 Å². The molecule has 0 radical (unpaired) electrons. The quantitative estimate of drug-likeness (QED) is 0.714. The van der Waals surface area contributed by atoms with Crippen LogP contribution in [0.1, 0.15) is 53.9 Å². The first kappa shape index (κ1) is 21.0. The highest BCUT2D eigenvalue weighted by Crippen LogP contribution is 2.38. The maximum atomic E-state index is 13.0. The molecule has 0 aliphatic carbocycles. The highest BCUT2D eigenvalue weighted by atomic mass is 19.3. The maximum absolute atomic E-state index is 13.0. The number of ether oxygens (including phenoxy) is 1. The Balaban J connectivity index is 1.78. The average molecular weight is 404 g/mol. The van der Waals surface area contributed by atoms with Crippen molar-refractivity contribution in [2.24, 2.45) is 5.92 Å². The number of aromatic nitrogens is 2. The van der Waals surface area contributed by atoms with Crippen molar-refractivity contribution in [1.29, 1.82) is 0 Å². The molecule has 2 aromatic rings. The summed E-state index contributed by atoms with van der Waals surface area (Å²) in [5, 5.41) is 3.34. The molecule has 1 N–H and O–H groups in total. The molecule has 3 heterocycles. The van der Waals surface area contributed by atoms with Crippen molar-refractivity contribution in [3.63, 3.8) is 0 Å². The fraction of sp³-hybridized carbons (Fsp3) is 0.476. The highest BCUT2D eigenvalue weighted by molar-refractivity contribution is 6.00. The lowest BCUT2D eigenvalue weighted by molar-refractivity contribution is 0.0721. The van der Waals surface area contributed by atoms with E-state index in [4.69, 9.17) is 4.74 Å². The first-order chi connectivity index (χ1) is 13.8. The molecular weight excluding hydrogens is 378 g/mol. The molecule has 6 nitrogen and oxygen atoms in total. The van der Waals surface area contributed by atoms with Gasteiger partial charge in [0.1, 0.15) is 5.82 Å². The van der Waals surface area contributed by atoms with Gasteiger partial charge in [0.05, 0.1) is 11.6 Å². The minimum Gasteiger partial charge on any atom is -0.471 e. The number of rotatable bonds is 8. The van der Waals surface area contributed by atoms with Crippen LogP contribution in [0.4, 0.5) is 14.6 Å². The van der Waals surface area contributed by atoms with Gasteiger partial charge in [-0.3, -0.25) is 4.79 Å². The SMILES string of the molecule is Cc1cc(CN2C(=O)c3ccnc(NCC(C)C)c3C2C)cnc1OCC(F)F. The number of hydrogen-bond acceptors (Lipinski definition) is 5. The Morgan fingerprint density at radius 3 is 2.72 bits per heavy atom. The third kappa shape index (κ3) is 4.63. The monoisotopic (exact) mass is 404 g/mol. The van der Waals surface area contributed by atoms with Gasteiger partial charge >= 0.3 is 0 Å². The van der Waals surface area contributed by atoms with E-state index in [9.17, 15) is 13.6 Å². The number of hydrogen-bond donors (Lipinski definition) is 1. The molecule has 0 aromatic carbocycles. The molecule has 2 aromatic heterocycles. The van der Waals surface area contributed by atoms with Gasteiger partial charge in [0.2, 0.25) is 5.88 Å². The second-order valence-corrected chi connectivity index (χ2v) is 7.67. The Bertz CT molecular complexity index is 889. The number of pyridine rings is 2. The fourth-order valence-corrected chi connectivity index (χ4v) is 3.42. The molecule has 29 heavy (non-hydrogen) atoms. The molecular formula is C21H26F2N4O2. The molecule has 3 rings (SSSR count). The number of nitrogens with zero attached hydrogens (tertiary/aromatic N) is 3. The normalized spacial score (nSPS) is 15.9. The number of alkyl halides is 2. The molecule has 156 valence electrons. The Hall–Kier alpha value is -2.77. The van der Waals surface area contributed by atoms with Gasteiger partial charge in [0.15, 0.2) is 6.61 Å². The molecule has 0 saturated carbocycles. The second-order valence-electron chi connectivity index (χ2n) is 7.67. The summed E-state index contributed by atoms with van der Waals surface area (Å²) in [6.45, 7) is 8.39. The van der Waals surface area contributed by atoms with Gasteiger partial charge in [-0.05, 0) is 37.5 Å². The van der Waals surface area contributed by atoms with Gasteiger partial charge in [-0.25, -0.2) is 18.7 Å². The highest BCUT2D eigenvalue weighted by Gasteiger charge is 2.36. The summed E-state index contributed by atoms with van der Waals surface area (Å²) < 4.78 is 29.7. The second kappa shape index (κ2) is 8.71. The molecule has 1 amide bonds. The zero-order valence-electron chi connectivity index (χ0n) is 17.1. The van der Waals surface area contributed by atoms with Crippen LogP contribution in [0.5, 0.6) is 5.88 Å². The van der Waals surface area contributed by atoms with Gasteiger partial charge in [-0.15, -0.1) is 0 Å². The predicted octanol–water partition coefficient (Wildman–Crippen LogP) is 4.21. The van der Waals surface area contributed by atoms with Crippen LogP contribution in [0, 0.1) is 12.8 Å². The van der Waals surface area contributed by atoms with E-state index in [2.05, 4.69) is 29.1 Å². The third-order valence-corrected chi connectivity index (χ3v) is 4.83. The molecule has 0 spiro atoms. The van der Waals surface area contributed by atoms with E-state index in [-0.39, 0.29) is 17.8 Å². The van der Waals surface area contributed by atoms with Crippen LogP contribution in [0.15, 0.2) is 24.5 Å². The van der Waals surface area contributed by atoms with Crippen molar-refractivity contribution in [2.45, 2.75) is 46.7 Å². The van der Waals surface area contributed by atoms with Crippen LogP contribution in [-0.4, -0.2) is 40.4 Å². The van der Waals surface area contributed by atoms with E-state index in [1.807, 2.05) is 13.0 Å². The van der Waals surface area contributed by atoms with Crippen molar-refractivity contribution in [3.05, 3.63) is 46.8 Å². The molecule has 8 heteroatoms. The molecule has 1 aliphatic heterocycles. The number of nitrogens with one attached hydrogen (secondary N) is 1. The lowest BCUT2D eigenvalue weighted by Crippen LogP contribution is -2.26. The lowest BCUT2D eigenvalue weighted by Gasteiger charge is -2.23. The van der Waals surface area contributed by atoms with Gasteiger partial charge < -0.3 is 15.0 Å². The molecule has 1 atom stereocenters. The number of halogens is 2. The minimum atomic E-state index is -2.55. The largest absolute Gasteiger partial charge is 0.471 e. The summed E-state index contributed by atoms with van der Waals surface area (Å²) in [5.74, 6) is 1.32. The summed E-state index contributed by atoms with van der Waals surface area (Å²) in [5.41, 5.74) is 3.02. The Labute approximate surface area is 169 Å². The number of aryl methyl sites for hydroxylation is 1. The zero-order chi connectivity index (χ0) is 21.1. The maximum Gasteiger partial charge on any atom is 0.272 e. The van der Waals surface area contributed by atoms with Gasteiger partial charge in [-0.2, -0.15) is 0 Å². The Morgan fingerprint density at radius 1 is 1.31 bits per heavy atom. The molecule has 0 bridgehead atoms. The number of fused-ring (bicyclic) bond motifs is 1. The van der Waals surface area contributed by atoms with Crippen molar-refractivity contribution in [2.75, 3.05) is 18.5 Å². The average Bonchev–Trinajstić information content (AvgIpc) is 2.91. The number of carbonyl (C=O) groups excluding carboxylic acids is 1. The van der Waals surface area contributed by atoms with Crippen molar-refractivity contribution in [3.8, 4) is 5.88 Å². The first-order valence-electron chi connectivity index (χ1n) is 9.68. The first-order valence-corrected chi connectivity index (χ1v) is 9.68. The Kier molecular flexibility index (Phi) is 6.30. The van der Waals surface area contributed by atoms with Gasteiger partial charge in [0.25, 0.3) is 12.3 Å². The summed E-state index contributed by atoms with van der Waals surface area (Å²) in [6, 6.07) is 3.42. The smallest absolute Gasteiger partial charge is 0.272 e. The summed E-state index contributed by atoms with van der Waals surface area (Å²) in [4.78, 5) is 23.3. The standard InChI is InChI=1S/C21H26F2N4O2/c1-12(2)8-25-19-18-14(4)27(21(28)16(18)5-6-24-19)10-15-7-13(3)20(26-9-15)29-11-17(22)23/h5-7,9,12,14,17H,8,10-11H2,1-4H3,(H,24,25). The third-order valence-electron chi connectivity index (χ3n) is 4.83. The van der Waals surface area contributed by atoms with Crippen LogP contribution in [-0.2, 0) is 6.54 Å².